The van der Waals surface area contributed by atoms with Gasteiger partial charge in [-0.25, -0.2) is 9.48 Å². The molecule has 1 saturated carbocycles. The van der Waals surface area contributed by atoms with Crippen molar-refractivity contribution in [2.24, 2.45) is 5.92 Å². The van der Waals surface area contributed by atoms with E-state index >= 15 is 0 Å². The van der Waals surface area contributed by atoms with Gasteiger partial charge < -0.3 is 10.2 Å². The van der Waals surface area contributed by atoms with Gasteiger partial charge in [-0.15, -0.1) is 5.10 Å². The number of carboxylic acid groups (broad SMARTS) is 1. The van der Waals surface area contributed by atoms with Crippen LogP contribution in [0.2, 0.25) is 0 Å². The first kappa shape index (κ1) is 14.9. The Bertz CT molecular complexity index is 441. The molecule has 0 radical (unpaired) electrons. The van der Waals surface area contributed by atoms with Gasteiger partial charge in [0.1, 0.15) is 0 Å². The molecule has 0 bridgehead atoms. The minimum Gasteiger partial charge on any atom is -0.480 e. The molecule has 0 aromatic carbocycles. The van der Waals surface area contributed by atoms with Crippen LogP contribution in [0, 0.1) is 5.92 Å². The number of rotatable bonds is 6. The zero-order valence-corrected chi connectivity index (χ0v) is 11.8. The number of nitrogens with zero attached hydrogens (tertiary/aromatic N) is 4. The highest BCUT2D eigenvalue weighted by Gasteiger charge is 2.29. The van der Waals surface area contributed by atoms with Gasteiger partial charge in [0.2, 0.25) is 0 Å². The average molecular weight is 282 g/mol. The number of aromatic nitrogens is 4. The van der Waals surface area contributed by atoms with E-state index in [-0.39, 0.29) is 0 Å². The summed E-state index contributed by atoms with van der Waals surface area (Å²) in [6, 6.07) is -1.12. The van der Waals surface area contributed by atoms with E-state index in [1.165, 1.54) is 43.7 Å². The Morgan fingerprint density at radius 1 is 1.40 bits per heavy atom. The van der Waals surface area contributed by atoms with Crippen LogP contribution in [-0.2, 0) is 11.2 Å². The molecule has 0 amide bonds. The Morgan fingerprint density at radius 2 is 2.10 bits per heavy atom. The summed E-state index contributed by atoms with van der Waals surface area (Å²) in [6.45, 7) is 1.44. The van der Waals surface area contributed by atoms with Crippen LogP contribution in [0.3, 0.4) is 0 Å². The highest BCUT2D eigenvalue weighted by molar-refractivity contribution is 5.72. The van der Waals surface area contributed by atoms with E-state index in [9.17, 15) is 15.0 Å². The van der Waals surface area contributed by atoms with Gasteiger partial charge in [0.05, 0.1) is 6.10 Å². The summed E-state index contributed by atoms with van der Waals surface area (Å²) in [5.74, 6) is 0.110. The van der Waals surface area contributed by atoms with Crippen molar-refractivity contribution in [3.05, 3.63) is 5.82 Å². The highest BCUT2D eigenvalue weighted by Crippen LogP contribution is 2.27. The van der Waals surface area contributed by atoms with Crippen LogP contribution in [0.4, 0.5) is 0 Å². The average Bonchev–Trinajstić information content (AvgIpc) is 2.85. The predicted octanol–water partition coefficient (Wildman–Crippen LogP) is 1.19. The minimum absolute atomic E-state index is 0.545. The number of hydrogen-bond acceptors (Lipinski definition) is 5. The van der Waals surface area contributed by atoms with Gasteiger partial charge in [-0.3, -0.25) is 0 Å². The van der Waals surface area contributed by atoms with Gasteiger partial charge in [0.25, 0.3) is 0 Å². The summed E-state index contributed by atoms with van der Waals surface area (Å²) in [4.78, 5) is 11.2. The molecule has 1 aromatic rings. The Balaban J connectivity index is 2.01. The molecule has 0 aliphatic heterocycles. The van der Waals surface area contributed by atoms with Crippen molar-refractivity contribution >= 4 is 5.97 Å². The third-order valence-corrected chi connectivity index (χ3v) is 4.04. The zero-order chi connectivity index (χ0) is 14.5. The van der Waals surface area contributed by atoms with Crippen molar-refractivity contribution in [2.75, 3.05) is 0 Å². The molecule has 2 N–H and O–H groups in total. The molecule has 2 rings (SSSR count). The standard InChI is InChI=1S/C13H22N4O3/c1-9(18)12(13(19)20)17-11(14-15-16-17)8-7-10-5-3-2-4-6-10/h9-10,12,18H,2-8H2,1H3,(H,19,20). The third kappa shape index (κ3) is 3.53. The summed E-state index contributed by atoms with van der Waals surface area (Å²) >= 11 is 0. The number of aliphatic hydroxyl groups is 1. The Labute approximate surface area is 118 Å². The molecule has 0 saturated heterocycles. The van der Waals surface area contributed by atoms with Crippen molar-refractivity contribution in [1.82, 2.24) is 20.2 Å². The molecule has 2 unspecified atom stereocenters. The maximum absolute atomic E-state index is 11.2. The fourth-order valence-electron chi connectivity index (χ4n) is 2.92. The van der Waals surface area contributed by atoms with Gasteiger partial charge in [-0.1, -0.05) is 32.1 Å². The summed E-state index contributed by atoms with van der Waals surface area (Å²) in [5.41, 5.74) is 0. The lowest BCUT2D eigenvalue weighted by Gasteiger charge is -2.21. The van der Waals surface area contributed by atoms with E-state index in [0.29, 0.717) is 18.2 Å². The van der Waals surface area contributed by atoms with Crippen molar-refractivity contribution in [1.29, 1.82) is 0 Å². The molecule has 20 heavy (non-hydrogen) atoms. The normalized spacial score (nSPS) is 19.7. The number of aliphatic hydroxyl groups excluding tert-OH is 1. The van der Waals surface area contributed by atoms with Crippen molar-refractivity contribution < 1.29 is 15.0 Å². The number of aryl methyl sites for hydroxylation is 1. The van der Waals surface area contributed by atoms with E-state index in [0.717, 1.165) is 6.42 Å². The Hall–Kier alpha value is -1.50. The molecular formula is C13H22N4O3. The molecule has 0 spiro atoms. The molecule has 112 valence electrons. The van der Waals surface area contributed by atoms with Crippen LogP contribution in [-0.4, -0.2) is 42.5 Å². The summed E-state index contributed by atoms with van der Waals surface area (Å²) in [7, 11) is 0. The first-order valence-electron chi connectivity index (χ1n) is 7.27. The highest BCUT2D eigenvalue weighted by atomic mass is 16.4. The maximum Gasteiger partial charge on any atom is 0.331 e. The maximum atomic E-state index is 11.2. The van der Waals surface area contributed by atoms with Crippen molar-refractivity contribution in [3.63, 3.8) is 0 Å². The van der Waals surface area contributed by atoms with Crippen LogP contribution in [0.1, 0.15) is 57.3 Å². The summed E-state index contributed by atoms with van der Waals surface area (Å²) in [6.07, 6.45) is 6.95. The lowest BCUT2D eigenvalue weighted by Crippen LogP contribution is -2.31. The number of carbonyl (C=O) groups is 1. The van der Waals surface area contributed by atoms with E-state index < -0.39 is 18.1 Å². The largest absolute Gasteiger partial charge is 0.480 e. The van der Waals surface area contributed by atoms with Crippen molar-refractivity contribution in [2.45, 2.75) is 64.0 Å². The molecule has 2 atom stereocenters. The second-order valence-electron chi connectivity index (χ2n) is 5.61. The monoisotopic (exact) mass is 282 g/mol. The van der Waals surface area contributed by atoms with E-state index in [4.69, 9.17) is 0 Å². The fourth-order valence-corrected chi connectivity index (χ4v) is 2.92. The lowest BCUT2D eigenvalue weighted by molar-refractivity contribution is -0.144. The third-order valence-electron chi connectivity index (χ3n) is 4.04. The van der Waals surface area contributed by atoms with Crippen LogP contribution < -0.4 is 0 Å². The molecule has 1 aliphatic rings. The topological polar surface area (TPSA) is 101 Å². The summed E-state index contributed by atoms with van der Waals surface area (Å²) in [5, 5.41) is 30.0. The summed E-state index contributed by atoms with van der Waals surface area (Å²) < 4.78 is 1.25. The Kier molecular flexibility index (Phi) is 5.05. The first-order chi connectivity index (χ1) is 9.59. The lowest BCUT2D eigenvalue weighted by atomic mass is 9.86. The number of tetrazole rings is 1. The van der Waals surface area contributed by atoms with Gasteiger partial charge in [-0.05, 0) is 29.7 Å². The quantitative estimate of drug-likeness (QED) is 0.812. The molecule has 7 nitrogen and oxygen atoms in total. The Morgan fingerprint density at radius 3 is 2.70 bits per heavy atom. The van der Waals surface area contributed by atoms with Gasteiger partial charge in [0, 0.05) is 6.42 Å². The zero-order valence-electron chi connectivity index (χ0n) is 11.8. The molecular weight excluding hydrogens is 260 g/mol. The fraction of sp³-hybridized carbons (Fsp3) is 0.846. The van der Waals surface area contributed by atoms with Gasteiger partial charge >= 0.3 is 5.97 Å². The van der Waals surface area contributed by atoms with Crippen LogP contribution >= 0.6 is 0 Å². The second-order valence-corrected chi connectivity index (χ2v) is 5.61. The number of hydrogen-bond donors (Lipinski definition) is 2. The predicted molar refractivity (Wildman–Crippen MR) is 71.1 cm³/mol. The molecule has 7 heteroatoms. The smallest absolute Gasteiger partial charge is 0.331 e. The van der Waals surface area contributed by atoms with E-state index in [1.54, 1.807) is 0 Å². The SMILES string of the molecule is CC(O)C(C(=O)O)n1nnnc1CCC1CCCCC1. The van der Waals surface area contributed by atoms with Gasteiger partial charge in [-0.2, -0.15) is 0 Å². The first-order valence-corrected chi connectivity index (χ1v) is 7.27. The van der Waals surface area contributed by atoms with Gasteiger partial charge in [0.15, 0.2) is 11.9 Å². The van der Waals surface area contributed by atoms with E-state index in [2.05, 4.69) is 15.5 Å². The van der Waals surface area contributed by atoms with Crippen LogP contribution in [0.25, 0.3) is 0 Å². The van der Waals surface area contributed by atoms with E-state index in [1.807, 2.05) is 0 Å². The second kappa shape index (κ2) is 6.78. The number of aliphatic carboxylic acids is 1. The molecule has 1 aliphatic carbocycles. The number of carboxylic acids is 1. The van der Waals surface area contributed by atoms with Crippen molar-refractivity contribution in [3.8, 4) is 0 Å². The molecule has 1 aromatic heterocycles. The molecule has 1 fully saturated rings. The minimum atomic E-state index is -1.12. The van der Waals surface area contributed by atoms with Crippen LogP contribution in [0.5, 0.6) is 0 Å². The molecule has 1 heterocycles. The van der Waals surface area contributed by atoms with Crippen LogP contribution in [0.15, 0.2) is 0 Å².